The van der Waals surface area contributed by atoms with E-state index in [1.165, 1.54) is 0 Å². The Morgan fingerprint density at radius 2 is 1.94 bits per heavy atom. The molecule has 3 atom stereocenters. The van der Waals surface area contributed by atoms with Gasteiger partial charge in [-0.05, 0) is 6.92 Å². The topological polar surface area (TPSA) is 176 Å². The molecule has 0 aliphatic heterocycles. The minimum absolute atomic E-state index is 0.864. The van der Waals surface area contributed by atoms with Crippen molar-refractivity contribution in [1.29, 1.82) is 0 Å². The van der Waals surface area contributed by atoms with Gasteiger partial charge in [-0.1, -0.05) is 0 Å². The van der Waals surface area contributed by atoms with Crippen LogP contribution >= 0.6 is 0 Å². The molecule has 0 heterocycles. The number of hydrogen-bond acceptors (Lipinski definition) is 7. The van der Waals surface area contributed by atoms with Crippen molar-refractivity contribution < 1.29 is 37.0 Å². The summed E-state index contributed by atoms with van der Waals surface area (Å²) in [6.07, 6.45) is -1.37. The summed E-state index contributed by atoms with van der Waals surface area (Å²) in [5, 5.41) is 19.6. The molecule has 0 fully saturated rings. The van der Waals surface area contributed by atoms with Gasteiger partial charge in [-0.25, -0.2) is 8.98 Å². The number of carbonyl (C=O) groups excluding carboxylic acids is 1. The van der Waals surface area contributed by atoms with E-state index in [1.54, 1.807) is 0 Å². The van der Waals surface area contributed by atoms with E-state index in [-0.39, 0.29) is 0 Å². The normalized spacial score (nSPS) is 16.7. The van der Waals surface area contributed by atoms with Crippen LogP contribution in [0.3, 0.4) is 0 Å². The molecule has 0 saturated heterocycles. The van der Waals surface area contributed by atoms with Gasteiger partial charge in [0.05, 0.1) is 12.7 Å². The minimum atomic E-state index is -4.74. The fourth-order valence-electron chi connectivity index (χ4n) is 0.884. The summed E-state index contributed by atoms with van der Waals surface area (Å²) in [5.74, 6) is -2.53. The summed E-state index contributed by atoms with van der Waals surface area (Å²) < 4.78 is 32.5. The molecule has 0 aliphatic rings. The summed E-state index contributed by atoms with van der Waals surface area (Å²) >= 11 is 0. The second-order valence-corrected chi connectivity index (χ2v) is 4.48. The Hall–Kier alpha value is -1.27. The van der Waals surface area contributed by atoms with Crippen LogP contribution in [0.25, 0.3) is 0 Å². The number of carboxylic acid groups (broad SMARTS) is 1. The molecule has 0 aliphatic carbocycles. The molecule has 0 aromatic rings. The molecule has 0 spiro atoms. The highest BCUT2D eigenvalue weighted by Crippen LogP contribution is 1.95. The molecule has 10 nitrogen and oxygen atoms in total. The number of carboxylic acids is 1. The number of nitrogens with one attached hydrogen (secondary N) is 1. The molecule has 106 valence electrons. The highest BCUT2D eigenvalue weighted by molar-refractivity contribution is 7.80. The largest absolute Gasteiger partial charge is 0.480 e. The third-order valence-corrected chi connectivity index (χ3v) is 2.21. The van der Waals surface area contributed by atoms with Gasteiger partial charge in [-0.15, -0.1) is 0 Å². The van der Waals surface area contributed by atoms with Gasteiger partial charge in [0.15, 0.2) is 6.04 Å². The Morgan fingerprint density at radius 3 is 2.28 bits per heavy atom. The van der Waals surface area contributed by atoms with Crippen molar-refractivity contribution in [2.75, 3.05) is 6.61 Å². The van der Waals surface area contributed by atoms with Crippen molar-refractivity contribution >= 4 is 22.3 Å². The fraction of sp³-hybridized carbons (Fsp3) is 0.714. The number of aliphatic hydroxyl groups excluding tert-OH is 1. The van der Waals surface area contributed by atoms with E-state index in [2.05, 4.69) is 4.18 Å². The van der Waals surface area contributed by atoms with Gasteiger partial charge in [0, 0.05) is 0 Å². The number of aliphatic carboxylic acids is 1. The van der Waals surface area contributed by atoms with Gasteiger partial charge in [0.25, 0.3) is 0 Å². The average molecular weight is 286 g/mol. The molecule has 0 radical (unpaired) electrons. The highest BCUT2D eigenvalue weighted by Gasteiger charge is 2.27. The van der Waals surface area contributed by atoms with Gasteiger partial charge in [0.1, 0.15) is 6.04 Å². The van der Waals surface area contributed by atoms with Crippen LogP contribution in [0.5, 0.6) is 0 Å². The van der Waals surface area contributed by atoms with E-state index in [1.807, 2.05) is 5.32 Å². The van der Waals surface area contributed by atoms with Crippen LogP contribution in [0, 0.1) is 0 Å². The molecule has 1 amide bonds. The Labute approximate surface area is 103 Å². The van der Waals surface area contributed by atoms with Gasteiger partial charge in [-0.2, -0.15) is 8.42 Å². The van der Waals surface area contributed by atoms with Gasteiger partial charge >= 0.3 is 16.4 Å². The molecule has 0 bridgehead atoms. The first-order valence-corrected chi connectivity index (χ1v) is 5.99. The molecule has 0 aromatic carbocycles. The van der Waals surface area contributed by atoms with E-state index in [0.717, 1.165) is 6.92 Å². The van der Waals surface area contributed by atoms with Gasteiger partial charge in [-0.3, -0.25) is 9.35 Å². The number of nitrogens with two attached hydrogens (primary N) is 1. The quantitative estimate of drug-likeness (QED) is 0.307. The first-order valence-electron chi connectivity index (χ1n) is 4.63. The van der Waals surface area contributed by atoms with Gasteiger partial charge < -0.3 is 21.3 Å². The van der Waals surface area contributed by atoms with Crippen LogP contribution in [0.15, 0.2) is 0 Å². The van der Waals surface area contributed by atoms with Crippen LogP contribution in [0.1, 0.15) is 6.92 Å². The number of rotatable bonds is 7. The van der Waals surface area contributed by atoms with Crippen molar-refractivity contribution in [1.82, 2.24) is 5.32 Å². The molecule has 0 unspecified atom stereocenters. The standard InChI is InChI=1S/C7H14N2O8S/c1-3(10)5(7(12)13)9-6(11)4(8)2-17-18(14,15)16/h3-5,10H,2,8H2,1H3,(H,9,11)(H,12,13)(H,14,15,16)/t3-,4+,5+/m1/s1. The zero-order valence-electron chi connectivity index (χ0n) is 9.31. The maximum absolute atomic E-state index is 11.3. The van der Waals surface area contributed by atoms with Crippen molar-refractivity contribution in [3.05, 3.63) is 0 Å². The summed E-state index contributed by atoms with van der Waals surface area (Å²) in [5.41, 5.74) is 5.19. The molecule has 0 rings (SSSR count). The minimum Gasteiger partial charge on any atom is -0.480 e. The van der Waals surface area contributed by atoms with Crippen LogP contribution in [-0.4, -0.2) is 59.9 Å². The summed E-state index contributed by atoms with van der Waals surface area (Å²) in [7, 11) is -4.74. The van der Waals surface area contributed by atoms with Crippen molar-refractivity contribution in [2.24, 2.45) is 5.73 Å². The van der Waals surface area contributed by atoms with E-state index >= 15 is 0 Å². The zero-order chi connectivity index (χ0) is 14.5. The third kappa shape index (κ3) is 6.46. The van der Waals surface area contributed by atoms with Crippen LogP contribution < -0.4 is 11.1 Å². The lowest BCUT2D eigenvalue weighted by molar-refractivity contribution is -0.145. The summed E-state index contributed by atoms with van der Waals surface area (Å²) in [4.78, 5) is 21.9. The summed E-state index contributed by atoms with van der Waals surface area (Å²) in [6.45, 7) is 0.274. The Morgan fingerprint density at radius 1 is 1.44 bits per heavy atom. The lowest BCUT2D eigenvalue weighted by atomic mass is 10.1. The second kappa shape index (κ2) is 6.61. The number of aliphatic hydroxyl groups is 1. The number of hydrogen-bond donors (Lipinski definition) is 5. The maximum atomic E-state index is 11.3. The smallest absolute Gasteiger partial charge is 0.397 e. The van der Waals surface area contributed by atoms with Crippen LogP contribution in [0.4, 0.5) is 0 Å². The van der Waals surface area contributed by atoms with E-state index < -0.39 is 47.1 Å². The molecule has 18 heavy (non-hydrogen) atoms. The molecular weight excluding hydrogens is 272 g/mol. The SMILES string of the molecule is C[C@@H](O)[C@H](NC(=O)[C@@H](N)COS(=O)(=O)O)C(=O)O. The molecule has 6 N–H and O–H groups in total. The molecular formula is C7H14N2O8S. The Bertz CT molecular complexity index is 406. The van der Waals surface area contributed by atoms with E-state index in [4.69, 9.17) is 20.5 Å². The second-order valence-electron chi connectivity index (χ2n) is 3.38. The Balaban J connectivity index is 4.43. The van der Waals surface area contributed by atoms with E-state index in [9.17, 15) is 18.0 Å². The number of amides is 1. The number of carbonyl (C=O) groups is 2. The Kier molecular flexibility index (Phi) is 6.14. The molecule has 11 heteroatoms. The van der Waals surface area contributed by atoms with Gasteiger partial charge in [0.2, 0.25) is 5.91 Å². The first kappa shape index (κ1) is 16.7. The van der Waals surface area contributed by atoms with Crippen LogP contribution in [0.2, 0.25) is 0 Å². The first-order chi connectivity index (χ1) is 8.04. The van der Waals surface area contributed by atoms with Crippen molar-refractivity contribution in [3.8, 4) is 0 Å². The zero-order valence-corrected chi connectivity index (χ0v) is 10.1. The average Bonchev–Trinajstić information content (AvgIpc) is 2.19. The molecule has 0 aromatic heterocycles. The van der Waals surface area contributed by atoms with Crippen LogP contribution in [-0.2, 0) is 24.2 Å². The maximum Gasteiger partial charge on any atom is 0.397 e. The van der Waals surface area contributed by atoms with Crippen molar-refractivity contribution in [3.63, 3.8) is 0 Å². The molecule has 0 saturated carbocycles. The predicted molar refractivity (Wildman–Crippen MR) is 56.7 cm³/mol. The monoisotopic (exact) mass is 286 g/mol. The third-order valence-electron chi connectivity index (χ3n) is 1.78. The lowest BCUT2D eigenvalue weighted by Gasteiger charge is -2.19. The van der Waals surface area contributed by atoms with Crippen molar-refractivity contribution in [2.45, 2.75) is 25.1 Å². The highest BCUT2D eigenvalue weighted by atomic mass is 32.3. The lowest BCUT2D eigenvalue weighted by Crippen LogP contribution is -2.53. The summed E-state index contributed by atoms with van der Waals surface area (Å²) in [6, 6.07) is -3.11. The van der Waals surface area contributed by atoms with E-state index in [0.29, 0.717) is 0 Å². The predicted octanol–water partition coefficient (Wildman–Crippen LogP) is -2.92. The fourth-order valence-corrected chi connectivity index (χ4v) is 1.20.